The van der Waals surface area contributed by atoms with Gasteiger partial charge in [-0.1, -0.05) is 18.2 Å². The second-order valence-electron chi connectivity index (χ2n) is 7.19. The molecule has 0 saturated heterocycles. The minimum absolute atomic E-state index is 0.226. The molecule has 0 aliphatic carbocycles. The lowest BCUT2D eigenvalue weighted by molar-refractivity contribution is 0.249. The SMILES string of the molecule is CCN(CC)c1ccc(Nc2cnc3c(c2)OCCN3C(=O)Nc2ccccc2)cc1. The number of urea groups is 1. The second kappa shape index (κ2) is 9.38. The molecule has 1 aromatic heterocycles. The molecule has 0 bridgehead atoms. The summed E-state index contributed by atoms with van der Waals surface area (Å²) in [5, 5.41) is 6.26. The summed E-state index contributed by atoms with van der Waals surface area (Å²) in [6.07, 6.45) is 1.72. The van der Waals surface area contributed by atoms with Crippen LogP contribution in [0.4, 0.5) is 33.4 Å². The van der Waals surface area contributed by atoms with Crippen molar-refractivity contribution < 1.29 is 9.53 Å². The fourth-order valence-electron chi connectivity index (χ4n) is 3.59. The third-order valence-corrected chi connectivity index (χ3v) is 5.22. The van der Waals surface area contributed by atoms with E-state index in [0.717, 1.165) is 30.2 Å². The lowest BCUT2D eigenvalue weighted by atomic mass is 10.2. The molecule has 31 heavy (non-hydrogen) atoms. The average Bonchev–Trinajstić information content (AvgIpc) is 2.81. The highest BCUT2D eigenvalue weighted by molar-refractivity contribution is 6.02. The molecule has 0 radical (unpaired) electrons. The predicted molar refractivity (Wildman–Crippen MR) is 126 cm³/mol. The molecule has 0 unspecified atom stereocenters. The Kier molecular flexibility index (Phi) is 6.21. The summed E-state index contributed by atoms with van der Waals surface area (Å²) in [6.45, 7) is 7.11. The van der Waals surface area contributed by atoms with Gasteiger partial charge in [-0.2, -0.15) is 0 Å². The highest BCUT2D eigenvalue weighted by atomic mass is 16.5. The number of nitrogens with one attached hydrogen (secondary N) is 2. The molecule has 7 heteroatoms. The van der Waals surface area contributed by atoms with Crippen LogP contribution >= 0.6 is 0 Å². The molecule has 1 aliphatic rings. The van der Waals surface area contributed by atoms with Gasteiger partial charge in [-0.25, -0.2) is 9.78 Å². The predicted octanol–water partition coefficient (Wildman–Crippen LogP) is 5.10. The highest BCUT2D eigenvalue weighted by Gasteiger charge is 2.25. The smallest absolute Gasteiger partial charge is 0.327 e. The quantitative estimate of drug-likeness (QED) is 0.584. The zero-order valence-electron chi connectivity index (χ0n) is 17.8. The maximum Gasteiger partial charge on any atom is 0.327 e. The minimum atomic E-state index is -0.226. The highest BCUT2D eigenvalue weighted by Crippen LogP contribution is 2.33. The number of carbonyl (C=O) groups excluding carboxylic acids is 1. The van der Waals surface area contributed by atoms with Gasteiger partial charge in [0.25, 0.3) is 0 Å². The van der Waals surface area contributed by atoms with Gasteiger partial charge in [0, 0.05) is 36.2 Å². The Morgan fingerprint density at radius 3 is 2.48 bits per heavy atom. The molecule has 0 atom stereocenters. The van der Waals surface area contributed by atoms with Crippen molar-refractivity contribution in [1.29, 1.82) is 0 Å². The summed E-state index contributed by atoms with van der Waals surface area (Å²) >= 11 is 0. The molecule has 0 fully saturated rings. The van der Waals surface area contributed by atoms with E-state index in [4.69, 9.17) is 4.74 Å². The van der Waals surface area contributed by atoms with Crippen molar-refractivity contribution >= 4 is 34.6 Å². The van der Waals surface area contributed by atoms with Crippen molar-refractivity contribution in [3.63, 3.8) is 0 Å². The summed E-state index contributed by atoms with van der Waals surface area (Å²) in [6, 6.07) is 19.3. The number of rotatable bonds is 6. The fourth-order valence-corrected chi connectivity index (χ4v) is 3.59. The van der Waals surface area contributed by atoms with E-state index in [0.29, 0.717) is 24.7 Å². The fraction of sp³-hybridized carbons (Fsp3) is 0.250. The van der Waals surface area contributed by atoms with E-state index in [9.17, 15) is 4.79 Å². The van der Waals surface area contributed by atoms with Crippen LogP contribution in [0.25, 0.3) is 0 Å². The number of aromatic nitrogens is 1. The van der Waals surface area contributed by atoms with E-state index in [1.165, 1.54) is 5.69 Å². The van der Waals surface area contributed by atoms with Gasteiger partial charge in [0.05, 0.1) is 18.4 Å². The minimum Gasteiger partial charge on any atom is -0.488 e. The topological polar surface area (TPSA) is 69.7 Å². The number of fused-ring (bicyclic) bond motifs is 1. The van der Waals surface area contributed by atoms with E-state index in [1.807, 2.05) is 48.5 Å². The summed E-state index contributed by atoms with van der Waals surface area (Å²) in [5.74, 6) is 1.10. The van der Waals surface area contributed by atoms with Crippen molar-refractivity contribution in [3.05, 3.63) is 66.9 Å². The maximum atomic E-state index is 12.7. The first kappa shape index (κ1) is 20.5. The normalized spacial score (nSPS) is 12.5. The molecular formula is C24H27N5O2. The first-order valence-corrected chi connectivity index (χ1v) is 10.6. The lowest BCUT2D eigenvalue weighted by Gasteiger charge is -2.28. The van der Waals surface area contributed by atoms with Crippen molar-refractivity contribution in [2.24, 2.45) is 0 Å². The number of carbonyl (C=O) groups is 1. The lowest BCUT2D eigenvalue weighted by Crippen LogP contribution is -2.41. The van der Waals surface area contributed by atoms with Crippen molar-refractivity contribution in [2.45, 2.75) is 13.8 Å². The van der Waals surface area contributed by atoms with Gasteiger partial charge in [-0.3, -0.25) is 4.90 Å². The maximum absolute atomic E-state index is 12.7. The van der Waals surface area contributed by atoms with Gasteiger partial charge in [-0.15, -0.1) is 0 Å². The summed E-state index contributed by atoms with van der Waals surface area (Å²) in [4.78, 5) is 21.1. The van der Waals surface area contributed by atoms with Gasteiger partial charge in [-0.05, 0) is 50.2 Å². The van der Waals surface area contributed by atoms with Gasteiger partial charge < -0.3 is 20.3 Å². The van der Waals surface area contributed by atoms with E-state index < -0.39 is 0 Å². The zero-order valence-corrected chi connectivity index (χ0v) is 17.8. The summed E-state index contributed by atoms with van der Waals surface area (Å²) in [5.41, 5.74) is 3.71. The Labute approximate surface area is 182 Å². The number of ether oxygens (including phenoxy) is 1. The Hall–Kier alpha value is -3.74. The van der Waals surface area contributed by atoms with Gasteiger partial charge >= 0.3 is 6.03 Å². The van der Waals surface area contributed by atoms with E-state index in [1.54, 1.807) is 11.1 Å². The third kappa shape index (κ3) is 4.71. The van der Waals surface area contributed by atoms with Crippen LogP contribution in [0.3, 0.4) is 0 Å². The van der Waals surface area contributed by atoms with Gasteiger partial charge in [0.1, 0.15) is 6.61 Å². The number of amides is 2. The van der Waals surface area contributed by atoms with Crippen LogP contribution in [0, 0.1) is 0 Å². The molecule has 2 amide bonds. The molecule has 2 heterocycles. The molecule has 4 rings (SSSR count). The van der Waals surface area contributed by atoms with Crippen LogP contribution in [0.5, 0.6) is 5.75 Å². The molecule has 160 valence electrons. The Balaban J connectivity index is 1.47. The largest absolute Gasteiger partial charge is 0.488 e. The van der Waals surface area contributed by atoms with E-state index >= 15 is 0 Å². The first-order valence-electron chi connectivity index (χ1n) is 10.6. The third-order valence-electron chi connectivity index (χ3n) is 5.22. The van der Waals surface area contributed by atoms with Crippen LogP contribution in [-0.2, 0) is 0 Å². The second-order valence-corrected chi connectivity index (χ2v) is 7.19. The van der Waals surface area contributed by atoms with Gasteiger partial charge in [0.15, 0.2) is 11.6 Å². The van der Waals surface area contributed by atoms with E-state index in [-0.39, 0.29) is 6.03 Å². The van der Waals surface area contributed by atoms with Crippen LogP contribution in [0.1, 0.15) is 13.8 Å². The Morgan fingerprint density at radius 1 is 1.03 bits per heavy atom. The number of anilines is 5. The number of para-hydroxylation sites is 1. The molecule has 2 N–H and O–H groups in total. The summed E-state index contributed by atoms with van der Waals surface area (Å²) in [7, 11) is 0. The molecule has 7 nitrogen and oxygen atoms in total. The molecule has 0 spiro atoms. The number of pyridine rings is 1. The molecule has 2 aromatic carbocycles. The number of nitrogens with zero attached hydrogens (tertiary/aromatic N) is 3. The van der Waals surface area contributed by atoms with Crippen molar-refractivity contribution in [1.82, 2.24) is 4.98 Å². The van der Waals surface area contributed by atoms with Crippen molar-refractivity contribution in [3.8, 4) is 5.75 Å². The zero-order chi connectivity index (χ0) is 21.6. The van der Waals surface area contributed by atoms with Gasteiger partial charge in [0.2, 0.25) is 0 Å². The Morgan fingerprint density at radius 2 is 1.77 bits per heavy atom. The summed E-state index contributed by atoms with van der Waals surface area (Å²) < 4.78 is 5.78. The standard InChI is InChI=1S/C24H27N5O2/c1-3-28(4-2)21-12-10-19(11-13-21)26-20-16-22-23(25-17-20)29(14-15-31-22)24(30)27-18-8-6-5-7-9-18/h5-13,16-17,26H,3-4,14-15H2,1-2H3,(H,27,30). The average molecular weight is 418 g/mol. The van der Waals surface area contributed by atoms with Crippen LogP contribution in [0.15, 0.2) is 66.9 Å². The monoisotopic (exact) mass is 417 g/mol. The van der Waals surface area contributed by atoms with E-state index in [2.05, 4.69) is 46.5 Å². The van der Waals surface area contributed by atoms with Crippen LogP contribution in [0.2, 0.25) is 0 Å². The van der Waals surface area contributed by atoms with Crippen LogP contribution in [-0.4, -0.2) is 37.3 Å². The number of hydrogen-bond acceptors (Lipinski definition) is 5. The number of benzene rings is 2. The first-order chi connectivity index (χ1) is 15.2. The molecular weight excluding hydrogens is 390 g/mol. The Bertz CT molecular complexity index is 1020. The molecule has 0 saturated carbocycles. The number of hydrogen-bond donors (Lipinski definition) is 2. The van der Waals surface area contributed by atoms with Crippen molar-refractivity contribution in [2.75, 3.05) is 46.7 Å². The van der Waals surface area contributed by atoms with Crippen LogP contribution < -0.4 is 25.2 Å². The molecule has 3 aromatic rings. The molecule has 1 aliphatic heterocycles.